The number of rotatable bonds is 6. The fourth-order valence-electron chi connectivity index (χ4n) is 6.84. The summed E-state index contributed by atoms with van der Waals surface area (Å²) in [6, 6.07) is 58.7. The topological polar surface area (TPSA) is 63.6 Å². The summed E-state index contributed by atoms with van der Waals surface area (Å²) in [4.78, 5) is 15.3. The van der Waals surface area contributed by atoms with Crippen LogP contribution in [0.2, 0.25) is 0 Å². The molecule has 9 aromatic rings. The predicted octanol–water partition coefficient (Wildman–Crippen LogP) is 11.4. The monoisotopic (exact) mass is 672 g/mol. The standard InChI is InChI=1S/C46H32N4S/c47-45(34-16-5-2-6-17-34)50-46(35-24-22-32(23-25-35)31-13-3-1-4-14-31)48-29-30-12-11-18-36(28-30)43-42-38-20-9-10-21-40(38)51-44(42)41-37-19-8-7-15-33(37)26-27-39(41)49-43/h1-28H,29H2,(H2,47,48,50). The lowest BCUT2D eigenvalue weighted by atomic mass is 9.98. The molecule has 0 aliphatic heterocycles. The Kier molecular flexibility index (Phi) is 7.88. The summed E-state index contributed by atoms with van der Waals surface area (Å²) < 4.78 is 2.52. The third-order valence-corrected chi connectivity index (χ3v) is 10.5. The number of hydrogen-bond acceptors (Lipinski definition) is 3. The molecule has 242 valence electrons. The van der Waals surface area contributed by atoms with E-state index >= 15 is 0 Å². The van der Waals surface area contributed by atoms with Crippen LogP contribution < -0.4 is 5.73 Å². The van der Waals surface area contributed by atoms with Gasteiger partial charge in [-0.05, 0) is 45.7 Å². The number of amidine groups is 2. The van der Waals surface area contributed by atoms with E-state index in [1.807, 2.05) is 47.7 Å². The first-order chi connectivity index (χ1) is 25.2. The number of pyridine rings is 1. The van der Waals surface area contributed by atoms with E-state index in [1.165, 1.54) is 36.3 Å². The van der Waals surface area contributed by atoms with Crippen molar-refractivity contribution in [2.45, 2.75) is 6.54 Å². The Morgan fingerprint density at radius 1 is 0.569 bits per heavy atom. The molecule has 0 spiro atoms. The number of nitrogens with zero attached hydrogens (tertiary/aromatic N) is 3. The first-order valence-electron chi connectivity index (χ1n) is 17.0. The quantitative estimate of drug-likeness (QED) is 0.109. The molecule has 2 heterocycles. The van der Waals surface area contributed by atoms with Gasteiger partial charge in [0.1, 0.15) is 5.84 Å². The number of aliphatic imine (C=N–C) groups is 2. The SMILES string of the molecule is NC(=NC(=NCc1cccc(-c2nc3ccc4ccccc4c3c3sc4ccccc4c23)c1)c1ccc(-c2ccccc2)cc1)c1ccccc1. The summed E-state index contributed by atoms with van der Waals surface area (Å²) in [6.45, 7) is 0.431. The highest BCUT2D eigenvalue weighted by Gasteiger charge is 2.18. The second-order valence-corrected chi connectivity index (χ2v) is 13.6. The molecule has 0 aliphatic carbocycles. The van der Waals surface area contributed by atoms with E-state index in [-0.39, 0.29) is 0 Å². The zero-order valence-electron chi connectivity index (χ0n) is 27.7. The van der Waals surface area contributed by atoms with Crippen LogP contribution in [0, 0.1) is 0 Å². The van der Waals surface area contributed by atoms with Crippen LogP contribution in [-0.2, 0) is 6.54 Å². The van der Waals surface area contributed by atoms with Gasteiger partial charge in [-0.15, -0.1) is 11.3 Å². The Balaban J connectivity index is 1.14. The van der Waals surface area contributed by atoms with Crippen molar-refractivity contribution < 1.29 is 0 Å². The summed E-state index contributed by atoms with van der Waals surface area (Å²) >= 11 is 1.85. The average molecular weight is 673 g/mol. The molecule has 0 atom stereocenters. The van der Waals surface area contributed by atoms with Crippen LogP contribution in [-0.4, -0.2) is 16.7 Å². The van der Waals surface area contributed by atoms with E-state index < -0.39 is 0 Å². The average Bonchev–Trinajstić information content (AvgIpc) is 3.59. The van der Waals surface area contributed by atoms with Crippen LogP contribution in [0.4, 0.5) is 0 Å². The highest BCUT2D eigenvalue weighted by molar-refractivity contribution is 7.27. The van der Waals surface area contributed by atoms with Crippen LogP contribution in [0.15, 0.2) is 180 Å². The molecule has 0 radical (unpaired) electrons. The van der Waals surface area contributed by atoms with E-state index in [0.717, 1.165) is 44.6 Å². The largest absolute Gasteiger partial charge is 0.383 e. The Bertz CT molecular complexity index is 2760. The first-order valence-corrected chi connectivity index (χ1v) is 17.8. The predicted molar refractivity (Wildman–Crippen MR) is 217 cm³/mol. The van der Waals surface area contributed by atoms with Crippen LogP contribution in [0.5, 0.6) is 0 Å². The second-order valence-electron chi connectivity index (χ2n) is 12.6. The van der Waals surface area contributed by atoms with Gasteiger partial charge in [0.05, 0.1) is 17.8 Å². The zero-order valence-corrected chi connectivity index (χ0v) is 28.5. The molecule has 0 fully saturated rings. The molecule has 2 N–H and O–H groups in total. The Labute approximate surface area is 299 Å². The Morgan fingerprint density at radius 2 is 1.25 bits per heavy atom. The number of thiophene rings is 1. The third-order valence-electron chi connectivity index (χ3n) is 9.36. The maximum atomic E-state index is 6.55. The van der Waals surface area contributed by atoms with Gasteiger partial charge in [-0.1, -0.05) is 152 Å². The highest BCUT2D eigenvalue weighted by atomic mass is 32.1. The maximum Gasteiger partial charge on any atom is 0.157 e. The van der Waals surface area contributed by atoms with Crippen molar-refractivity contribution in [3.8, 4) is 22.4 Å². The molecule has 4 nitrogen and oxygen atoms in total. The molecule has 2 aromatic heterocycles. The van der Waals surface area contributed by atoms with Gasteiger partial charge < -0.3 is 5.73 Å². The molecule has 0 amide bonds. The summed E-state index contributed by atoms with van der Waals surface area (Å²) in [5, 5.41) is 6.09. The van der Waals surface area contributed by atoms with Crippen molar-refractivity contribution in [2.75, 3.05) is 0 Å². The van der Waals surface area contributed by atoms with E-state index in [0.29, 0.717) is 18.2 Å². The van der Waals surface area contributed by atoms with Gasteiger partial charge >= 0.3 is 0 Å². The molecule has 5 heteroatoms. The van der Waals surface area contributed by atoms with E-state index in [1.54, 1.807) is 0 Å². The Morgan fingerprint density at radius 3 is 2.08 bits per heavy atom. The fourth-order valence-corrected chi connectivity index (χ4v) is 8.11. The van der Waals surface area contributed by atoms with Crippen molar-refractivity contribution in [3.05, 3.63) is 187 Å². The van der Waals surface area contributed by atoms with E-state index in [4.69, 9.17) is 20.7 Å². The summed E-state index contributed by atoms with van der Waals surface area (Å²) in [7, 11) is 0. The number of hydrogen-bond donors (Lipinski definition) is 1. The van der Waals surface area contributed by atoms with Gasteiger partial charge in [-0.3, -0.25) is 4.99 Å². The van der Waals surface area contributed by atoms with Gasteiger partial charge in [0.15, 0.2) is 5.84 Å². The van der Waals surface area contributed by atoms with E-state index in [2.05, 4.69) is 133 Å². The zero-order chi connectivity index (χ0) is 34.1. The lowest BCUT2D eigenvalue weighted by Gasteiger charge is -2.11. The van der Waals surface area contributed by atoms with Crippen LogP contribution >= 0.6 is 11.3 Å². The molecule has 0 aliphatic rings. The van der Waals surface area contributed by atoms with E-state index in [9.17, 15) is 0 Å². The van der Waals surface area contributed by atoms with Gasteiger partial charge in [0, 0.05) is 42.2 Å². The third kappa shape index (κ3) is 5.84. The molecule has 0 bridgehead atoms. The maximum absolute atomic E-state index is 6.55. The smallest absolute Gasteiger partial charge is 0.157 e. The Hall–Kier alpha value is -6.43. The lowest BCUT2D eigenvalue weighted by Crippen LogP contribution is -2.16. The normalized spacial score (nSPS) is 12.3. The lowest BCUT2D eigenvalue weighted by molar-refractivity contribution is 1.06. The van der Waals surface area contributed by atoms with Crippen molar-refractivity contribution >= 4 is 64.9 Å². The minimum Gasteiger partial charge on any atom is -0.383 e. The van der Waals surface area contributed by atoms with Gasteiger partial charge in [-0.25, -0.2) is 9.98 Å². The molecule has 51 heavy (non-hydrogen) atoms. The number of nitrogens with two attached hydrogens (primary N) is 1. The molecule has 9 rings (SSSR count). The van der Waals surface area contributed by atoms with Crippen LogP contribution in [0.25, 0.3) is 64.2 Å². The van der Waals surface area contributed by atoms with Gasteiger partial charge in [0.25, 0.3) is 0 Å². The first kappa shape index (κ1) is 30.6. The van der Waals surface area contributed by atoms with Crippen LogP contribution in [0.3, 0.4) is 0 Å². The van der Waals surface area contributed by atoms with Crippen molar-refractivity contribution in [1.29, 1.82) is 0 Å². The fraction of sp³-hybridized carbons (Fsp3) is 0.0217. The second kappa shape index (κ2) is 13.1. The molecular formula is C46H32N4S. The highest BCUT2D eigenvalue weighted by Crippen LogP contribution is 2.44. The van der Waals surface area contributed by atoms with Crippen LogP contribution in [0.1, 0.15) is 16.7 Å². The summed E-state index contributed by atoms with van der Waals surface area (Å²) in [6.07, 6.45) is 0. The number of aromatic nitrogens is 1. The van der Waals surface area contributed by atoms with Crippen molar-refractivity contribution in [2.24, 2.45) is 15.7 Å². The summed E-state index contributed by atoms with van der Waals surface area (Å²) in [5.41, 5.74) is 14.7. The van der Waals surface area contributed by atoms with Gasteiger partial charge in [0.2, 0.25) is 0 Å². The molecule has 0 saturated carbocycles. The van der Waals surface area contributed by atoms with Crippen molar-refractivity contribution in [3.63, 3.8) is 0 Å². The minimum atomic E-state index is 0.426. The summed E-state index contributed by atoms with van der Waals surface area (Å²) in [5.74, 6) is 1.01. The molecule has 0 unspecified atom stereocenters. The molecule has 0 saturated heterocycles. The number of fused-ring (bicyclic) bond motifs is 7. The molecular weight excluding hydrogens is 641 g/mol. The van der Waals surface area contributed by atoms with Gasteiger partial charge in [-0.2, -0.15) is 0 Å². The van der Waals surface area contributed by atoms with Crippen molar-refractivity contribution in [1.82, 2.24) is 4.98 Å². The minimum absolute atomic E-state index is 0.426. The number of benzene rings is 7. The molecule has 7 aromatic carbocycles.